The molecular formula is C24H39FN4O2. The number of benzene rings is 1. The molecule has 31 heavy (non-hydrogen) atoms. The number of guanidine groups is 1. The molecule has 2 fully saturated rings. The Morgan fingerprint density at radius 2 is 2.03 bits per heavy atom. The fourth-order valence-corrected chi connectivity index (χ4v) is 4.82. The summed E-state index contributed by atoms with van der Waals surface area (Å²) in [5, 5.41) is 7.06. The molecule has 1 heterocycles. The van der Waals surface area contributed by atoms with E-state index in [-0.39, 0.29) is 11.9 Å². The first-order valence-electron chi connectivity index (χ1n) is 11.8. The van der Waals surface area contributed by atoms with E-state index in [0.717, 1.165) is 50.8 Å². The molecule has 1 aromatic rings. The van der Waals surface area contributed by atoms with Gasteiger partial charge < -0.3 is 20.1 Å². The summed E-state index contributed by atoms with van der Waals surface area (Å²) < 4.78 is 25.1. The zero-order valence-electron chi connectivity index (χ0n) is 19.2. The monoisotopic (exact) mass is 434 g/mol. The molecule has 2 aliphatic rings. The number of ether oxygens (including phenoxy) is 2. The molecule has 1 atom stereocenters. The van der Waals surface area contributed by atoms with Gasteiger partial charge in [-0.2, -0.15) is 0 Å². The maximum atomic E-state index is 13.9. The molecular weight excluding hydrogens is 395 g/mol. The van der Waals surface area contributed by atoms with Crippen LogP contribution in [0.15, 0.2) is 29.3 Å². The molecule has 2 N–H and O–H groups in total. The van der Waals surface area contributed by atoms with Crippen LogP contribution in [-0.4, -0.2) is 70.5 Å². The van der Waals surface area contributed by atoms with Gasteiger partial charge in [-0.3, -0.25) is 9.89 Å². The van der Waals surface area contributed by atoms with Crippen molar-refractivity contribution in [1.29, 1.82) is 0 Å². The Bertz CT molecular complexity index is 688. The summed E-state index contributed by atoms with van der Waals surface area (Å²) in [6, 6.07) is 6.99. The minimum atomic E-state index is -0.198. The number of halogens is 1. The van der Waals surface area contributed by atoms with Crippen molar-refractivity contribution in [2.75, 3.05) is 59.7 Å². The number of morpholine rings is 1. The Hall–Kier alpha value is -1.70. The number of hydrogen-bond donors (Lipinski definition) is 2. The second kappa shape index (κ2) is 12.4. The van der Waals surface area contributed by atoms with Gasteiger partial charge in [-0.25, -0.2) is 4.39 Å². The minimum Gasteiger partial charge on any atom is -0.382 e. The van der Waals surface area contributed by atoms with Gasteiger partial charge in [0.2, 0.25) is 0 Å². The van der Waals surface area contributed by atoms with E-state index in [4.69, 9.17) is 9.47 Å². The maximum absolute atomic E-state index is 13.9. The van der Waals surface area contributed by atoms with Gasteiger partial charge in [0.05, 0.1) is 19.3 Å². The SMILES string of the molecule is CCOCCC1(CNC(=NC)NCC(c2cccc(F)c2)N2CCOCC2)CCCC1. The number of nitrogens with one attached hydrogen (secondary N) is 2. The van der Waals surface area contributed by atoms with Gasteiger partial charge in [0.25, 0.3) is 0 Å². The van der Waals surface area contributed by atoms with E-state index in [9.17, 15) is 4.39 Å². The van der Waals surface area contributed by atoms with Crippen LogP contribution in [0.3, 0.4) is 0 Å². The topological polar surface area (TPSA) is 58.1 Å². The third-order valence-corrected chi connectivity index (χ3v) is 6.68. The Morgan fingerprint density at radius 1 is 1.26 bits per heavy atom. The molecule has 7 heteroatoms. The summed E-state index contributed by atoms with van der Waals surface area (Å²) in [6.07, 6.45) is 6.15. The summed E-state index contributed by atoms with van der Waals surface area (Å²) in [7, 11) is 1.81. The highest BCUT2D eigenvalue weighted by atomic mass is 19.1. The van der Waals surface area contributed by atoms with E-state index in [1.807, 2.05) is 13.1 Å². The van der Waals surface area contributed by atoms with Crippen LogP contribution in [0.25, 0.3) is 0 Å². The van der Waals surface area contributed by atoms with Crippen LogP contribution in [0.1, 0.15) is 50.6 Å². The molecule has 1 aliphatic heterocycles. The summed E-state index contributed by atoms with van der Waals surface area (Å²) in [6.45, 7) is 8.32. The lowest BCUT2D eigenvalue weighted by atomic mass is 9.83. The molecule has 174 valence electrons. The summed E-state index contributed by atoms with van der Waals surface area (Å²) >= 11 is 0. The normalized spacial score (nSPS) is 20.5. The van der Waals surface area contributed by atoms with Crippen LogP contribution in [0.4, 0.5) is 4.39 Å². The average Bonchev–Trinajstić information content (AvgIpc) is 3.26. The Morgan fingerprint density at radius 3 is 2.71 bits per heavy atom. The van der Waals surface area contributed by atoms with Crippen molar-refractivity contribution >= 4 is 5.96 Å². The molecule has 1 saturated carbocycles. The van der Waals surface area contributed by atoms with Gasteiger partial charge in [-0.05, 0) is 49.3 Å². The zero-order chi connectivity index (χ0) is 21.9. The molecule has 0 aromatic heterocycles. The number of rotatable bonds is 10. The van der Waals surface area contributed by atoms with Gasteiger partial charge >= 0.3 is 0 Å². The van der Waals surface area contributed by atoms with Gasteiger partial charge in [0, 0.05) is 46.4 Å². The number of aliphatic imine (C=N–C) groups is 1. The maximum Gasteiger partial charge on any atom is 0.191 e. The van der Waals surface area contributed by atoms with Gasteiger partial charge in [-0.15, -0.1) is 0 Å². The highest BCUT2D eigenvalue weighted by Gasteiger charge is 2.33. The van der Waals surface area contributed by atoms with Crippen LogP contribution < -0.4 is 10.6 Å². The lowest BCUT2D eigenvalue weighted by Gasteiger charge is -2.35. The molecule has 6 nitrogen and oxygen atoms in total. The van der Waals surface area contributed by atoms with E-state index < -0.39 is 0 Å². The first kappa shape index (κ1) is 24.0. The fourth-order valence-electron chi connectivity index (χ4n) is 4.82. The minimum absolute atomic E-state index is 0.0662. The molecule has 1 aromatic carbocycles. The van der Waals surface area contributed by atoms with Crippen molar-refractivity contribution in [2.45, 2.75) is 45.1 Å². The second-order valence-electron chi connectivity index (χ2n) is 8.68. The highest BCUT2D eigenvalue weighted by Crippen LogP contribution is 2.40. The third-order valence-electron chi connectivity index (χ3n) is 6.68. The highest BCUT2D eigenvalue weighted by molar-refractivity contribution is 5.79. The largest absolute Gasteiger partial charge is 0.382 e. The van der Waals surface area contributed by atoms with E-state index in [0.29, 0.717) is 25.2 Å². The van der Waals surface area contributed by atoms with E-state index in [1.54, 1.807) is 12.1 Å². The standard InChI is InChI=1S/C24H39FN4O2/c1-3-30-14-11-24(9-4-5-10-24)19-28-23(26-2)27-18-22(29-12-15-31-16-13-29)20-7-6-8-21(25)17-20/h6-8,17,22H,3-5,9-16,18-19H2,1-2H3,(H2,26,27,28). The summed E-state index contributed by atoms with van der Waals surface area (Å²) in [5.74, 6) is 0.605. The Kier molecular flexibility index (Phi) is 9.55. The van der Waals surface area contributed by atoms with Crippen LogP contribution in [0.2, 0.25) is 0 Å². The molecule has 1 unspecified atom stereocenters. The molecule has 0 bridgehead atoms. The van der Waals surface area contributed by atoms with Crippen molar-refractivity contribution < 1.29 is 13.9 Å². The molecule has 0 radical (unpaired) electrons. The van der Waals surface area contributed by atoms with Crippen LogP contribution in [-0.2, 0) is 9.47 Å². The van der Waals surface area contributed by atoms with Gasteiger partial charge in [-0.1, -0.05) is 25.0 Å². The Labute approximate surface area is 186 Å². The van der Waals surface area contributed by atoms with E-state index in [2.05, 4.69) is 27.4 Å². The lowest BCUT2D eigenvalue weighted by Crippen LogP contribution is -2.48. The molecule has 0 spiro atoms. The second-order valence-corrected chi connectivity index (χ2v) is 8.68. The van der Waals surface area contributed by atoms with Crippen molar-refractivity contribution in [1.82, 2.24) is 15.5 Å². The first-order valence-corrected chi connectivity index (χ1v) is 11.8. The molecule has 1 saturated heterocycles. The van der Waals surface area contributed by atoms with Crippen LogP contribution in [0.5, 0.6) is 0 Å². The van der Waals surface area contributed by atoms with Gasteiger partial charge in [0.1, 0.15) is 5.82 Å². The molecule has 1 aliphatic carbocycles. The first-order chi connectivity index (χ1) is 15.2. The Balaban J connectivity index is 1.59. The van der Waals surface area contributed by atoms with Crippen molar-refractivity contribution in [3.8, 4) is 0 Å². The zero-order valence-corrected chi connectivity index (χ0v) is 19.2. The van der Waals surface area contributed by atoms with Crippen LogP contribution >= 0.6 is 0 Å². The van der Waals surface area contributed by atoms with Crippen molar-refractivity contribution in [2.24, 2.45) is 10.4 Å². The van der Waals surface area contributed by atoms with Crippen molar-refractivity contribution in [3.63, 3.8) is 0 Å². The van der Waals surface area contributed by atoms with E-state index >= 15 is 0 Å². The number of nitrogens with zero attached hydrogens (tertiary/aromatic N) is 2. The molecule has 3 rings (SSSR count). The fraction of sp³-hybridized carbons (Fsp3) is 0.708. The van der Waals surface area contributed by atoms with Gasteiger partial charge in [0.15, 0.2) is 5.96 Å². The van der Waals surface area contributed by atoms with Crippen LogP contribution in [0, 0.1) is 11.2 Å². The summed E-state index contributed by atoms with van der Waals surface area (Å²) in [4.78, 5) is 6.81. The molecule has 0 amide bonds. The lowest BCUT2D eigenvalue weighted by molar-refractivity contribution is 0.0169. The average molecular weight is 435 g/mol. The van der Waals surface area contributed by atoms with Crippen molar-refractivity contribution in [3.05, 3.63) is 35.6 Å². The quantitative estimate of drug-likeness (QED) is 0.336. The predicted octanol–water partition coefficient (Wildman–Crippen LogP) is 3.35. The predicted molar refractivity (Wildman–Crippen MR) is 123 cm³/mol. The van der Waals surface area contributed by atoms with E-state index in [1.165, 1.54) is 31.7 Å². The smallest absolute Gasteiger partial charge is 0.191 e. The third kappa shape index (κ3) is 7.16. The number of hydrogen-bond acceptors (Lipinski definition) is 4. The summed E-state index contributed by atoms with van der Waals surface area (Å²) in [5.41, 5.74) is 1.27.